The van der Waals surface area contributed by atoms with E-state index in [9.17, 15) is 4.79 Å². The van der Waals surface area contributed by atoms with Crippen LogP contribution in [0.3, 0.4) is 0 Å². The molecular weight excluding hydrogens is 224 g/mol. The molecule has 1 heterocycles. The summed E-state index contributed by atoms with van der Waals surface area (Å²) in [6.07, 6.45) is 0.864. The van der Waals surface area contributed by atoms with Crippen LogP contribution in [0.4, 0.5) is 0 Å². The summed E-state index contributed by atoms with van der Waals surface area (Å²) in [5.74, 6) is 0.597. The molecule has 3 heteroatoms. The van der Waals surface area contributed by atoms with Gasteiger partial charge in [0.15, 0.2) is 11.0 Å². The van der Waals surface area contributed by atoms with E-state index in [-0.39, 0.29) is 0 Å². The second kappa shape index (κ2) is 4.45. The molecule has 0 fully saturated rings. The molecule has 1 N–H and O–H groups in total. The van der Waals surface area contributed by atoms with E-state index < -0.39 is 0 Å². The van der Waals surface area contributed by atoms with Gasteiger partial charge in [0.2, 0.25) is 6.29 Å². The SMILES string of the molecule is O=Cc1[nH]c2ccccc2[n+]1Cc1ccccc1. The molecular formula is C15H13N2O+. The summed E-state index contributed by atoms with van der Waals surface area (Å²) in [7, 11) is 0. The lowest BCUT2D eigenvalue weighted by molar-refractivity contribution is -0.663. The van der Waals surface area contributed by atoms with Crippen molar-refractivity contribution in [3.8, 4) is 0 Å². The van der Waals surface area contributed by atoms with E-state index in [0.717, 1.165) is 17.3 Å². The van der Waals surface area contributed by atoms with Gasteiger partial charge in [0, 0.05) is 0 Å². The predicted molar refractivity (Wildman–Crippen MR) is 69.4 cm³/mol. The maximum atomic E-state index is 11.1. The lowest BCUT2D eigenvalue weighted by Gasteiger charge is -1.99. The van der Waals surface area contributed by atoms with Crippen LogP contribution in [0.25, 0.3) is 11.0 Å². The summed E-state index contributed by atoms with van der Waals surface area (Å²) >= 11 is 0. The van der Waals surface area contributed by atoms with E-state index in [4.69, 9.17) is 0 Å². The number of fused-ring (bicyclic) bond motifs is 1. The minimum Gasteiger partial charge on any atom is -0.289 e. The Morgan fingerprint density at radius 1 is 1.00 bits per heavy atom. The Morgan fingerprint density at radius 2 is 1.72 bits per heavy atom. The molecule has 0 bridgehead atoms. The van der Waals surface area contributed by atoms with Crippen molar-refractivity contribution < 1.29 is 9.36 Å². The highest BCUT2D eigenvalue weighted by Crippen LogP contribution is 2.09. The number of nitrogens with zero attached hydrogens (tertiary/aromatic N) is 1. The third-order valence-corrected chi connectivity index (χ3v) is 3.04. The molecule has 0 spiro atoms. The first-order chi connectivity index (χ1) is 8.88. The molecule has 0 atom stereocenters. The largest absolute Gasteiger partial charge is 0.321 e. The molecule has 3 nitrogen and oxygen atoms in total. The monoisotopic (exact) mass is 237 g/mol. The number of H-pyrrole nitrogens is 1. The van der Waals surface area contributed by atoms with Gasteiger partial charge in [-0.2, -0.15) is 0 Å². The van der Waals surface area contributed by atoms with Crippen LogP contribution in [0.1, 0.15) is 16.2 Å². The van der Waals surface area contributed by atoms with Gasteiger partial charge in [-0.3, -0.25) is 4.79 Å². The Balaban J connectivity index is 2.12. The van der Waals surface area contributed by atoms with Crippen molar-refractivity contribution in [2.24, 2.45) is 0 Å². The predicted octanol–water partition coefficient (Wildman–Crippen LogP) is 2.32. The topological polar surface area (TPSA) is 36.7 Å². The number of nitrogens with one attached hydrogen (secondary N) is 1. The first-order valence-electron chi connectivity index (χ1n) is 5.88. The number of hydrogen-bond donors (Lipinski definition) is 1. The molecule has 0 unspecified atom stereocenters. The second-order valence-corrected chi connectivity index (χ2v) is 4.22. The Morgan fingerprint density at radius 3 is 2.50 bits per heavy atom. The summed E-state index contributed by atoms with van der Waals surface area (Å²) in [5, 5.41) is 0. The number of benzene rings is 2. The van der Waals surface area contributed by atoms with Gasteiger partial charge in [0.1, 0.15) is 6.54 Å². The average molecular weight is 237 g/mol. The molecule has 2 aromatic carbocycles. The molecule has 0 aliphatic rings. The maximum absolute atomic E-state index is 11.1. The standard InChI is InChI=1S/C15H12N2O/c18-11-15-16-13-8-4-5-9-14(13)17(15)10-12-6-2-1-3-7-12/h1-9,11H,10H2/p+1. The van der Waals surface area contributed by atoms with Crippen molar-refractivity contribution in [3.05, 3.63) is 66.0 Å². The summed E-state index contributed by atoms with van der Waals surface area (Å²) in [6.45, 7) is 0.693. The number of imidazole rings is 1. The highest BCUT2D eigenvalue weighted by molar-refractivity contribution is 5.77. The van der Waals surface area contributed by atoms with Gasteiger partial charge in [0.05, 0.1) is 0 Å². The maximum Gasteiger partial charge on any atom is 0.321 e. The number of hydrogen-bond acceptors (Lipinski definition) is 1. The summed E-state index contributed by atoms with van der Waals surface area (Å²) in [5.41, 5.74) is 3.20. The molecule has 0 saturated heterocycles. The van der Waals surface area contributed by atoms with Gasteiger partial charge in [-0.1, -0.05) is 42.5 Å². The lowest BCUT2D eigenvalue weighted by Crippen LogP contribution is -2.37. The highest BCUT2D eigenvalue weighted by atomic mass is 16.1. The van der Waals surface area contributed by atoms with Crippen molar-refractivity contribution in [1.82, 2.24) is 4.98 Å². The molecule has 3 aromatic rings. The molecule has 0 aliphatic carbocycles. The third kappa shape index (κ3) is 1.80. The van der Waals surface area contributed by atoms with Crippen molar-refractivity contribution in [1.29, 1.82) is 0 Å². The van der Waals surface area contributed by atoms with Gasteiger partial charge >= 0.3 is 5.82 Å². The number of carbonyl (C=O) groups excluding carboxylic acids is 1. The fourth-order valence-electron chi connectivity index (χ4n) is 2.18. The van der Waals surface area contributed by atoms with E-state index >= 15 is 0 Å². The van der Waals surface area contributed by atoms with Crippen LogP contribution in [-0.4, -0.2) is 11.3 Å². The average Bonchev–Trinajstić information content (AvgIpc) is 2.78. The van der Waals surface area contributed by atoms with E-state index in [0.29, 0.717) is 12.4 Å². The van der Waals surface area contributed by atoms with Crippen LogP contribution in [0, 0.1) is 0 Å². The van der Waals surface area contributed by atoms with Gasteiger partial charge in [0.25, 0.3) is 0 Å². The van der Waals surface area contributed by atoms with Crippen molar-refractivity contribution in [2.45, 2.75) is 6.54 Å². The summed E-state index contributed by atoms with van der Waals surface area (Å²) in [4.78, 5) is 14.3. The quantitative estimate of drug-likeness (QED) is 0.551. The number of para-hydroxylation sites is 2. The molecule has 0 saturated carbocycles. The van der Waals surface area contributed by atoms with E-state index in [1.807, 2.05) is 47.0 Å². The van der Waals surface area contributed by atoms with Gasteiger partial charge in [-0.05, 0) is 17.7 Å². The Labute approximate surface area is 105 Å². The molecule has 0 aliphatic heterocycles. The molecule has 1 aromatic heterocycles. The molecule has 88 valence electrons. The van der Waals surface area contributed by atoms with Crippen LogP contribution in [0.5, 0.6) is 0 Å². The molecule has 0 radical (unpaired) electrons. The molecule has 18 heavy (non-hydrogen) atoms. The minimum atomic E-state index is 0.597. The molecule has 3 rings (SSSR count). The Hall–Kier alpha value is -2.42. The number of aromatic amines is 1. The normalized spacial score (nSPS) is 10.7. The fourth-order valence-corrected chi connectivity index (χ4v) is 2.18. The van der Waals surface area contributed by atoms with Crippen LogP contribution >= 0.6 is 0 Å². The first kappa shape index (κ1) is 10.7. The van der Waals surface area contributed by atoms with E-state index in [2.05, 4.69) is 17.1 Å². The third-order valence-electron chi connectivity index (χ3n) is 3.04. The fraction of sp³-hybridized carbons (Fsp3) is 0.0667. The van der Waals surface area contributed by atoms with E-state index in [1.165, 1.54) is 5.56 Å². The summed E-state index contributed by atoms with van der Waals surface area (Å²) < 4.78 is 2.00. The zero-order valence-corrected chi connectivity index (χ0v) is 9.84. The zero-order valence-electron chi connectivity index (χ0n) is 9.84. The minimum absolute atomic E-state index is 0.597. The zero-order chi connectivity index (χ0) is 12.4. The number of aromatic nitrogens is 2. The van der Waals surface area contributed by atoms with Gasteiger partial charge in [-0.15, -0.1) is 0 Å². The number of aldehydes is 1. The Kier molecular flexibility index (Phi) is 2.65. The highest BCUT2D eigenvalue weighted by Gasteiger charge is 2.17. The van der Waals surface area contributed by atoms with Crippen molar-refractivity contribution >= 4 is 17.3 Å². The van der Waals surface area contributed by atoms with Crippen LogP contribution in [0.2, 0.25) is 0 Å². The first-order valence-corrected chi connectivity index (χ1v) is 5.88. The summed E-state index contributed by atoms with van der Waals surface area (Å²) in [6, 6.07) is 18.0. The van der Waals surface area contributed by atoms with Gasteiger partial charge < -0.3 is 0 Å². The smallest absolute Gasteiger partial charge is 0.289 e. The molecule has 0 amide bonds. The van der Waals surface area contributed by atoms with Crippen molar-refractivity contribution in [2.75, 3.05) is 0 Å². The van der Waals surface area contributed by atoms with Crippen LogP contribution < -0.4 is 4.57 Å². The Bertz CT molecular complexity index is 686. The van der Waals surface area contributed by atoms with Crippen LogP contribution in [-0.2, 0) is 6.54 Å². The van der Waals surface area contributed by atoms with Crippen LogP contribution in [0.15, 0.2) is 54.6 Å². The number of carbonyl (C=O) groups is 1. The van der Waals surface area contributed by atoms with E-state index in [1.54, 1.807) is 0 Å². The second-order valence-electron chi connectivity index (χ2n) is 4.22. The van der Waals surface area contributed by atoms with Gasteiger partial charge in [-0.25, -0.2) is 9.55 Å². The lowest BCUT2D eigenvalue weighted by atomic mass is 10.2. The van der Waals surface area contributed by atoms with Crippen molar-refractivity contribution in [3.63, 3.8) is 0 Å². The number of rotatable bonds is 3.